The number of carbonyl (C=O) groups is 1. The van der Waals surface area contributed by atoms with Gasteiger partial charge in [0.2, 0.25) is 0 Å². The van der Waals surface area contributed by atoms with Gasteiger partial charge in [-0.3, -0.25) is 9.78 Å². The van der Waals surface area contributed by atoms with Gasteiger partial charge in [0.1, 0.15) is 5.69 Å². The van der Waals surface area contributed by atoms with Gasteiger partial charge in [-0.25, -0.2) is 4.98 Å². The number of ether oxygens (including phenoxy) is 2. The van der Waals surface area contributed by atoms with Gasteiger partial charge < -0.3 is 25.0 Å². The summed E-state index contributed by atoms with van der Waals surface area (Å²) in [7, 11) is 0. The number of para-hydroxylation sites is 2. The predicted octanol–water partition coefficient (Wildman–Crippen LogP) is 6.24. The SMILES string of the molecule is C[C@@H]1[C@H](CSCCO)O[C@H](c2ccc(-c3ccccc3CNC(=O)c3cnc4ccccc4n3)cc2)O[C@@H]1c1ccc(CO)cc1. The number of fused-ring (bicyclic) bond motifs is 1. The number of carbonyl (C=O) groups excluding carboxylic acids is 1. The van der Waals surface area contributed by atoms with E-state index in [1.807, 2.05) is 84.9 Å². The maximum absolute atomic E-state index is 13.0. The highest BCUT2D eigenvalue weighted by Gasteiger charge is 2.38. The highest BCUT2D eigenvalue weighted by Crippen LogP contribution is 2.42. The standard InChI is InChI=1S/C37H37N3O5S/c1-24-34(23-46-19-18-41)44-37(45-35(24)27-12-10-25(22-42)11-13-27)28-16-14-26(15-17-28)30-7-3-2-6-29(30)20-39-36(43)33-21-38-31-8-4-5-9-32(31)40-33/h2-17,21,24,34-35,37,41-42H,18-20,22-23H2,1H3,(H,39,43)/t24-,34+,35+,37+/m1/s1. The molecule has 4 atom stereocenters. The Bertz CT molecular complexity index is 1770. The van der Waals surface area contributed by atoms with E-state index in [9.17, 15) is 15.0 Å². The maximum Gasteiger partial charge on any atom is 0.271 e. The highest BCUT2D eigenvalue weighted by atomic mass is 32.2. The first-order chi connectivity index (χ1) is 22.5. The van der Waals surface area contributed by atoms with Crippen LogP contribution in [-0.4, -0.2) is 50.3 Å². The lowest BCUT2D eigenvalue weighted by molar-refractivity contribution is -0.268. The fraction of sp³-hybridized carbons (Fsp3) is 0.270. The number of hydrogen-bond acceptors (Lipinski definition) is 8. The second-order valence-electron chi connectivity index (χ2n) is 11.3. The van der Waals surface area contributed by atoms with Crippen molar-refractivity contribution < 1.29 is 24.5 Å². The normalized spacial score (nSPS) is 19.6. The third-order valence-electron chi connectivity index (χ3n) is 8.27. The first kappa shape index (κ1) is 31.8. The van der Waals surface area contributed by atoms with Crippen LogP contribution in [0.1, 0.15) is 52.1 Å². The number of amides is 1. The number of hydrogen-bond donors (Lipinski definition) is 3. The van der Waals surface area contributed by atoms with E-state index < -0.39 is 6.29 Å². The van der Waals surface area contributed by atoms with Crippen LogP contribution in [0.15, 0.2) is 103 Å². The van der Waals surface area contributed by atoms with Gasteiger partial charge in [0, 0.05) is 29.5 Å². The van der Waals surface area contributed by atoms with Crippen molar-refractivity contribution >= 4 is 28.7 Å². The molecule has 1 saturated heterocycles. The second-order valence-corrected chi connectivity index (χ2v) is 12.5. The molecule has 3 N–H and O–H groups in total. The molecular weight excluding hydrogens is 598 g/mol. The Hall–Kier alpha value is -4.12. The molecule has 0 saturated carbocycles. The summed E-state index contributed by atoms with van der Waals surface area (Å²) in [6.07, 6.45) is 0.671. The third-order valence-corrected chi connectivity index (χ3v) is 9.31. The minimum Gasteiger partial charge on any atom is -0.396 e. The average molecular weight is 636 g/mol. The van der Waals surface area contributed by atoms with E-state index >= 15 is 0 Å². The first-order valence-electron chi connectivity index (χ1n) is 15.4. The molecule has 0 bridgehead atoms. The number of thioether (sulfide) groups is 1. The van der Waals surface area contributed by atoms with E-state index in [4.69, 9.17) is 9.47 Å². The summed E-state index contributed by atoms with van der Waals surface area (Å²) < 4.78 is 13.1. The van der Waals surface area contributed by atoms with Crippen LogP contribution in [0.2, 0.25) is 0 Å². The molecule has 1 aliphatic rings. The Kier molecular flexibility index (Phi) is 10.4. The summed E-state index contributed by atoms with van der Waals surface area (Å²) >= 11 is 1.67. The average Bonchev–Trinajstić information content (AvgIpc) is 3.11. The molecule has 236 valence electrons. The Balaban J connectivity index is 1.18. The molecule has 4 aromatic carbocycles. The topological polar surface area (TPSA) is 114 Å². The summed E-state index contributed by atoms with van der Waals surface area (Å²) in [5.41, 5.74) is 7.50. The molecule has 2 heterocycles. The van der Waals surface area contributed by atoms with E-state index in [1.54, 1.807) is 11.8 Å². The first-order valence-corrected chi connectivity index (χ1v) is 16.6. The molecule has 9 heteroatoms. The van der Waals surface area contributed by atoms with E-state index in [-0.39, 0.29) is 42.9 Å². The Morgan fingerprint density at radius 2 is 1.59 bits per heavy atom. The van der Waals surface area contributed by atoms with Crippen LogP contribution in [0.3, 0.4) is 0 Å². The van der Waals surface area contributed by atoms with Crippen LogP contribution in [0.25, 0.3) is 22.2 Å². The molecule has 8 nitrogen and oxygen atoms in total. The number of aromatic nitrogens is 2. The summed E-state index contributed by atoms with van der Waals surface area (Å²) in [6.45, 7) is 2.59. The maximum atomic E-state index is 13.0. The molecule has 0 radical (unpaired) electrons. The predicted molar refractivity (Wildman–Crippen MR) is 180 cm³/mol. The summed E-state index contributed by atoms with van der Waals surface area (Å²) in [6, 6.07) is 31.5. The summed E-state index contributed by atoms with van der Waals surface area (Å²) in [4.78, 5) is 21.8. The number of aliphatic hydroxyl groups excluding tert-OH is 2. The lowest BCUT2D eigenvalue weighted by Gasteiger charge is -2.41. The van der Waals surface area contributed by atoms with E-state index in [0.29, 0.717) is 17.8 Å². The Morgan fingerprint density at radius 3 is 2.35 bits per heavy atom. The highest BCUT2D eigenvalue weighted by molar-refractivity contribution is 7.99. The van der Waals surface area contributed by atoms with Crippen molar-refractivity contribution in [2.75, 3.05) is 18.1 Å². The molecule has 1 amide bonds. The summed E-state index contributed by atoms with van der Waals surface area (Å²) in [5, 5.41) is 21.8. The second kappa shape index (κ2) is 15.0. The van der Waals surface area contributed by atoms with Gasteiger partial charge in [-0.1, -0.05) is 91.9 Å². The number of nitrogens with zero attached hydrogens (tertiary/aromatic N) is 2. The van der Waals surface area contributed by atoms with Gasteiger partial charge >= 0.3 is 0 Å². The zero-order valence-corrected chi connectivity index (χ0v) is 26.4. The molecule has 0 spiro atoms. The van der Waals surface area contributed by atoms with Gasteiger partial charge in [-0.15, -0.1) is 0 Å². The van der Waals surface area contributed by atoms with Crippen LogP contribution in [0, 0.1) is 5.92 Å². The van der Waals surface area contributed by atoms with Crippen molar-refractivity contribution in [2.45, 2.75) is 38.6 Å². The lowest BCUT2D eigenvalue weighted by atomic mass is 9.91. The van der Waals surface area contributed by atoms with Crippen molar-refractivity contribution in [1.82, 2.24) is 15.3 Å². The quantitative estimate of drug-likeness (QED) is 0.146. The smallest absolute Gasteiger partial charge is 0.271 e. The van der Waals surface area contributed by atoms with Gasteiger partial charge in [0.25, 0.3) is 5.91 Å². The van der Waals surface area contributed by atoms with E-state index in [0.717, 1.165) is 44.7 Å². The third kappa shape index (κ3) is 7.30. The van der Waals surface area contributed by atoms with E-state index in [1.165, 1.54) is 6.20 Å². The largest absolute Gasteiger partial charge is 0.396 e. The van der Waals surface area contributed by atoms with Crippen molar-refractivity contribution in [3.63, 3.8) is 0 Å². The molecule has 0 unspecified atom stereocenters. The molecule has 5 aromatic rings. The molecular formula is C37H37N3O5S. The van der Waals surface area contributed by atoms with Gasteiger partial charge in [0.05, 0.1) is 42.7 Å². The minimum atomic E-state index is -0.565. The molecule has 46 heavy (non-hydrogen) atoms. The van der Waals surface area contributed by atoms with Gasteiger partial charge in [0.15, 0.2) is 6.29 Å². The number of rotatable bonds is 11. The number of benzene rings is 4. The number of nitrogens with one attached hydrogen (secondary N) is 1. The van der Waals surface area contributed by atoms with Crippen molar-refractivity contribution in [1.29, 1.82) is 0 Å². The Morgan fingerprint density at radius 1 is 0.870 bits per heavy atom. The minimum absolute atomic E-state index is 0.00545. The van der Waals surface area contributed by atoms with Crippen LogP contribution >= 0.6 is 11.8 Å². The van der Waals surface area contributed by atoms with Crippen LogP contribution in [-0.2, 0) is 22.6 Å². The zero-order valence-electron chi connectivity index (χ0n) is 25.6. The fourth-order valence-corrected chi connectivity index (χ4v) is 6.59. The van der Waals surface area contributed by atoms with Crippen molar-refractivity contribution in [2.24, 2.45) is 5.92 Å². The molecule has 1 fully saturated rings. The Labute approximate surface area is 272 Å². The van der Waals surface area contributed by atoms with Crippen LogP contribution < -0.4 is 5.32 Å². The lowest BCUT2D eigenvalue weighted by Crippen LogP contribution is -2.38. The molecule has 1 aliphatic heterocycles. The monoisotopic (exact) mass is 635 g/mol. The molecule has 6 rings (SSSR count). The van der Waals surface area contributed by atoms with E-state index in [2.05, 4.69) is 34.3 Å². The molecule has 1 aromatic heterocycles. The van der Waals surface area contributed by atoms with Crippen molar-refractivity contribution in [3.8, 4) is 11.1 Å². The number of aliphatic hydroxyl groups is 2. The fourth-order valence-electron chi connectivity index (χ4n) is 5.68. The van der Waals surface area contributed by atoms with Crippen LogP contribution in [0.4, 0.5) is 0 Å². The van der Waals surface area contributed by atoms with Gasteiger partial charge in [-0.05, 0) is 39.9 Å². The van der Waals surface area contributed by atoms with Crippen LogP contribution in [0.5, 0.6) is 0 Å². The van der Waals surface area contributed by atoms with Crippen molar-refractivity contribution in [3.05, 3.63) is 131 Å². The zero-order chi connectivity index (χ0) is 31.9. The van der Waals surface area contributed by atoms with Gasteiger partial charge in [-0.2, -0.15) is 11.8 Å². The molecule has 0 aliphatic carbocycles. The summed E-state index contributed by atoms with van der Waals surface area (Å²) in [5.74, 6) is 1.20.